The van der Waals surface area contributed by atoms with E-state index in [4.69, 9.17) is 0 Å². The number of amides is 2. The van der Waals surface area contributed by atoms with Crippen LogP contribution in [0.2, 0.25) is 0 Å². The average Bonchev–Trinajstić information content (AvgIpc) is 2.45. The van der Waals surface area contributed by atoms with Gasteiger partial charge in [0.25, 0.3) is 0 Å². The fourth-order valence-corrected chi connectivity index (χ4v) is 2.73. The van der Waals surface area contributed by atoms with Crippen LogP contribution in [0, 0.1) is 23.7 Å². The first-order valence-electron chi connectivity index (χ1n) is 9.14. The van der Waals surface area contributed by atoms with Crippen LogP contribution in [0.15, 0.2) is 0 Å². The molecule has 2 N–H and O–H groups in total. The van der Waals surface area contributed by atoms with E-state index in [1.54, 1.807) is 0 Å². The van der Waals surface area contributed by atoms with Gasteiger partial charge in [-0.25, -0.2) is 0 Å². The standard InChI is InChI=1S/C19H36N2O3/c1-12(2)11-16(13(3)4)19(24)21-17(18(23)14(5)6)9-8-10-20-15(7)22/h12-14,16-17H,8-11H2,1-7H3,(H,20,22)(H,21,24)/t16-,17-/m0/s1. The van der Waals surface area contributed by atoms with Gasteiger partial charge in [-0.3, -0.25) is 14.4 Å². The van der Waals surface area contributed by atoms with Crippen molar-refractivity contribution in [3.05, 3.63) is 0 Å². The molecule has 0 unspecified atom stereocenters. The molecule has 0 fully saturated rings. The molecule has 0 spiro atoms. The summed E-state index contributed by atoms with van der Waals surface area (Å²) >= 11 is 0. The molecule has 0 radical (unpaired) electrons. The van der Waals surface area contributed by atoms with Gasteiger partial charge in [0.15, 0.2) is 5.78 Å². The Bertz CT molecular complexity index is 417. The number of carbonyl (C=O) groups excluding carboxylic acids is 3. The van der Waals surface area contributed by atoms with E-state index in [2.05, 4.69) is 24.5 Å². The molecular weight excluding hydrogens is 304 g/mol. The van der Waals surface area contributed by atoms with Crippen molar-refractivity contribution >= 4 is 17.6 Å². The Labute approximate surface area is 147 Å². The number of carbonyl (C=O) groups is 3. The zero-order valence-corrected chi connectivity index (χ0v) is 16.4. The molecule has 140 valence electrons. The monoisotopic (exact) mass is 340 g/mol. The van der Waals surface area contributed by atoms with Crippen LogP contribution >= 0.6 is 0 Å². The van der Waals surface area contributed by atoms with E-state index < -0.39 is 6.04 Å². The van der Waals surface area contributed by atoms with Gasteiger partial charge in [-0.15, -0.1) is 0 Å². The second kappa shape index (κ2) is 11.2. The molecule has 0 heterocycles. The first kappa shape index (κ1) is 22.6. The van der Waals surface area contributed by atoms with Gasteiger partial charge in [-0.2, -0.15) is 0 Å². The van der Waals surface area contributed by atoms with E-state index in [1.165, 1.54) is 6.92 Å². The Morgan fingerprint density at radius 3 is 1.96 bits per heavy atom. The van der Waals surface area contributed by atoms with Crippen LogP contribution in [0.4, 0.5) is 0 Å². The molecule has 0 aromatic rings. The molecule has 0 rings (SSSR count). The molecule has 2 amide bonds. The van der Waals surface area contributed by atoms with Gasteiger partial charge in [-0.1, -0.05) is 41.5 Å². The Kier molecular flexibility index (Phi) is 10.6. The Morgan fingerprint density at radius 2 is 1.54 bits per heavy atom. The number of Topliss-reactive ketones (excluding diaryl/α,β-unsaturated/α-hetero) is 1. The third kappa shape index (κ3) is 9.04. The number of ketones is 1. The predicted molar refractivity (Wildman–Crippen MR) is 97.5 cm³/mol. The summed E-state index contributed by atoms with van der Waals surface area (Å²) in [5.41, 5.74) is 0. The molecule has 0 aromatic carbocycles. The molecule has 0 aromatic heterocycles. The van der Waals surface area contributed by atoms with E-state index >= 15 is 0 Å². The lowest BCUT2D eigenvalue weighted by Crippen LogP contribution is -2.46. The third-order valence-electron chi connectivity index (χ3n) is 4.14. The van der Waals surface area contributed by atoms with Gasteiger partial charge in [0.1, 0.15) is 0 Å². The first-order valence-corrected chi connectivity index (χ1v) is 9.14. The molecule has 0 aliphatic heterocycles. The van der Waals surface area contributed by atoms with Crippen LogP contribution in [0.5, 0.6) is 0 Å². The molecule has 2 atom stereocenters. The lowest BCUT2D eigenvalue weighted by atomic mass is 9.86. The summed E-state index contributed by atoms with van der Waals surface area (Å²) in [5.74, 6) is 0.406. The van der Waals surface area contributed by atoms with Crippen LogP contribution in [0.25, 0.3) is 0 Å². The van der Waals surface area contributed by atoms with Crippen molar-refractivity contribution in [1.82, 2.24) is 10.6 Å². The zero-order valence-electron chi connectivity index (χ0n) is 16.4. The van der Waals surface area contributed by atoms with Gasteiger partial charge in [0, 0.05) is 25.3 Å². The summed E-state index contributed by atoms with van der Waals surface area (Å²) in [5, 5.41) is 5.70. The van der Waals surface area contributed by atoms with Crippen LogP contribution < -0.4 is 10.6 Å². The number of nitrogens with one attached hydrogen (secondary N) is 2. The lowest BCUT2D eigenvalue weighted by molar-refractivity contribution is -0.132. The maximum atomic E-state index is 12.7. The van der Waals surface area contributed by atoms with Crippen molar-refractivity contribution in [3.63, 3.8) is 0 Å². The summed E-state index contributed by atoms with van der Waals surface area (Å²) < 4.78 is 0. The minimum Gasteiger partial charge on any atom is -0.356 e. The summed E-state index contributed by atoms with van der Waals surface area (Å²) in [4.78, 5) is 36.0. The van der Waals surface area contributed by atoms with E-state index in [0.29, 0.717) is 25.3 Å². The fraction of sp³-hybridized carbons (Fsp3) is 0.842. The van der Waals surface area contributed by atoms with Crippen molar-refractivity contribution in [2.45, 2.75) is 73.8 Å². The highest BCUT2D eigenvalue weighted by Gasteiger charge is 2.28. The SMILES string of the molecule is CC(=O)NCCC[C@H](NC(=O)[C@@H](CC(C)C)C(C)C)C(=O)C(C)C. The number of hydrogen-bond acceptors (Lipinski definition) is 3. The van der Waals surface area contributed by atoms with E-state index in [9.17, 15) is 14.4 Å². The summed E-state index contributed by atoms with van der Waals surface area (Å²) in [6.07, 6.45) is 2.03. The van der Waals surface area contributed by atoms with Crippen molar-refractivity contribution in [3.8, 4) is 0 Å². The van der Waals surface area contributed by atoms with Crippen molar-refractivity contribution in [1.29, 1.82) is 0 Å². The fourth-order valence-electron chi connectivity index (χ4n) is 2.73. The minimum absolute atomic E-state index is 0.0303. The van der Waals surface area contributed by atoms with Crippen LogP contribution in [-0.4, -0.2) is 30.2 Å². The van der Waals surface area contributed by atoms with Crippen molar-refractivity contribution < 1.29 is 14.4 Å². The molecule has 5 heteroatoms. The lowest BCUT2D eigenvalue weighted by Gasteiger charge is -2.26. The smallest absolute Gasteiger partial charge is 0.223 e. The molecule has 0 saturated carbocycles. The summed E-state index contributed by atoms with van der Waals surface area (Å²) in [6, 6.07) is -0.473. The average molecular weight is 341 g/mol. The highest BCUT2D eigenvalue weighted by atomic mass is 16.2. The number of hydrogen-bond donors (Lipinski definition) is 2. The normalized spacial score (nSPS) is 13.9. The van der Waals surface area contributed by atoms with Crippen LogP contribution in [0.3, 0.4) is 0 Å². The van der Waals surface area contributed by atoms with Crippen LogP contribution in [-0.2, 0) is 14.4 Å². The third-order valence-corrected chi connectivity index (χ3v) is 4.14. The molecule has 24 heavy (non-hydrogen) atoms. The Hall–Kier alpha value is -1.39. The van der Waals surface area contributed by atoms with Crippen LogP contribution in [0.1, 0.15) is 67.7 Å². The van der Waals surface area contributed by atoms with E-state index in [-0.39, 0.29) is 35.4 Å². The Morgan fingerprint density at radius 1 is 0.958 bits per heavy atom. The van der Waals surface area contributed by atoms with Crippen molar-refractivity contribution in [2.24, 2.45) is 23.7 Å². The largest absolute Gasteiger partial charge is 0.356 e. The minimum atomic E-state index is -0.473. The van der Waals surface area contributed by atoms with Crippen molar-refractivity contribution in [2.75, 3.05) is 6.54 Å². The van der Waals surface area contributed by atoms with Gasteiger partial charge in [-0.05, 0) is 31.1 Å². The maximum Gasteiger partial charge on any atom is 0.223 e. The molecule has 0 saturated heterocycles. The molecule has 0 bridgehead atoms. The molecule has 5 nitrogen and oxygen atoms in total. The van der Waals surface area contributed by atoms with Gasteiger partial charge < -0.3 is 10.6 Å². The van der Waals surface area contributed by atoms with E-state index in [1.807, 2.05) is 27.7 Å². The highest BCUT2D eigenvalue weighted by molar-refractivity contribution is 5.90. The van der Waals surface area contributed by atoms with Gasteiger partial charge in [0.05, 0.1) is 6.04 Å². The first-order chi connectivity index (χ1) is 11.1. The molecule has 0 aliphatic rings. The molecule has 0 aliphatic carbocycles. The quantitative estimate of drug-likeness (QED) is 0.568. The Balaban J connectivity index is 4.85. The zero-order chi connectivity index (χ0) is 18.9. The summed E-state index contributed by atoms with van der Waals surface area (Å²) in [7, 11) is 0. The molecular formula is C19H36N2O3. The van der Waals surface area contributed by atoms with Gasteiger partial charge >= 0.3 is 0 Å². The summed E-state index contributed by atoms with van der Waals surface area (Å²) in [6.45, 7) is 14.0. The van der Waals surface area contributed by atoms with Gasteiger partial charge in [0.2, 0.25) is 11.8 Å². The highest BCUT2D eigenvalue weighted by Crippen LogP contribution is 2.21. The van der Waals surface area contributed by atoms with E-state index in [0.717, 1.165) is 6.42 Å². The second-order valence-electron chi connectivity index (χ2n) is 7.72. The predicted octanol–water partition coefficient (Wildman–Crippen LogP) is 2.93. The number of rotatable bonds is 11. The maximum absolute atomic E-state index is 12.7. The topological polar surface area (TPSA) is 75.3 Å². The second-order valence-corrected chi connectivity index (χ2v) is 7.72.